The molecule has 0 unspecified atom stereocenters. The molecule has 3 aromatic carbocycles. The van der Waals surface area contributed by atoms with Crippen molar-refractivity contribution in [3.63, 3.8) is 0 Å². The molecule has 3 rings (SSSR count). The van der Waals surface area contributed by atoms with Crippen molar-refractivity contribution in [2.45, 2.75) is 13.3 Å². The highest BCUT2D eigenvalue weighted by Gasteiger charge is 2.07. The standard InChI is InChI=1S/C23H22ClNO3/c1-2-27-23-14-18(16-25-20-15-19(24)9-10-21(20)26)8-11-22(23)28-13-12-17-6-4-3-5-7-17/h3-11,14-16,26H,2,12-13H2,1H3. The Kier molecular flexibility index (Phi) is 6.93. The molecule has 0 bridgehead atoms. The molecule has 3 aromatic rings. The van der Waals surface area contributed by atoms with Crippen molar-refractivity contribution in [3.05, 3.63) is 82.9 Å². The maximum atomic E-state index is 9.87. The van der Waals surface area contributed by atoms with Gasteiger partial charge in [-0.1, -0.05) is 41.9 Å². The minimum atomic E-state index is 0.0755. The summed E-state index contributed by atoms with van der Waals surface area (Å²) in [4.78, 5) is 4.31. The number of hydrogen-bond donors (Lipinski definition) is 1. The van der Waals surface area contributed by atoms with Crippen LogP contribution in [0.3, 0.4) is 0 Å². The summed E-state index contributed by atoms with van der Waals surface area (Å²) in [5.41, 5.74) is 2.47. The molecule has 4 nitrogen and oxygen atoms in total. The summed E-state index contributed by atoms with van der Waals surface area (Å²) in [5, 5.41) is 10.4. The van der Waals surface area contributed by atoms with Crippen molar-refractivity contribution >= 4 is 23.5 Å². The zero-order valence-electron chi connectivity index (χ0n) is 15.6. The minimum Gasteiger partial charge on any atom is -0.506 e. The molecule has 0 fully saturated rings. The Morgan fingerprint density at radius 2 is 1.79 bits per heavy atom. The van der Waals surface area contributed by atoms with E-state index in [4.69, 9.17) is 21.1 Å². The van der Waals surface area contributed by atoms with E-state index in [9.17, 15) is 5.11 Å². The van der Waals surface area contributed by atoms with Crippen LogP contribution >= 0.6 is 11.6 Å². The molecule has 28 heavy (non-hydrogen) atoms. The topological polar surface area (TPSA) is 51.0 Å². The predicted octanol–water partition coefficient (Wildman–Crippen LogP) is 5.82. The van der Waals surface area contributed by atoms with Crippen molar-refractivity contribution in [1.82, 2.24) is 0 Å². The van der Waals surface area contributed by atoms with Gasteiger partial charge in [0, 0.05) is 17.7 Å². The van der Waals surface area contributed by atoms with Crippen LogP contribution in [0.25, 0.3) is 0 Å². The Balaban J connectivity index is 1.71. The largest absolute Gasteiger partial charge is 0.506 e. The average molecular weight is 396 g/mol. The fourth-order valence-electron chi connectivity index (χ4n) is 2.66. The lowest BCUT2D eigenvalue weighted by molar-refractivity contribution is 0.279. The molecule has 0 aliphatic heterocycles. The van der Waals surface area contributed by atoms with E-state index in [1.807, 2.05) is 43.3 Å². The second kappa shape index (κ2) is 9.81. The summed E-state index contributed by atoms with van der Waals surface area (Å²) in [6, 6.07) is 20.6. The third kappa shape index (κ3) is 5.51. The van der Waals surface area contributed by atoms with Gasteiger partial charge in [-0.25, -0.2) is 0 Å². The van der Waals surface area contributed by atoms with Crippen LogP contribution in [-0.2, 0) is 6.42 Å². The zero-order valence-corrected chi connectivity index (χ0v) is 16.4. The second-order valence-electron chi connectivity index (χ2n) is 6.11. The van der Waals surface area contributed by atoms with Gasteiger partial charge in [-0.2, -0.15) is 0 Å². The fraction of sp³-hybridized carbons (Fsp3) is 0.174. The third-order valence-electron chi connectivity index (χ3n) is 4.05. The van der Waals surface area contributed by atoms with Crippen LogP contribution in [0.2, 0.25) is 5.02 Å². The van der Waals surface area contributed by atoms with E-state index in [2.05, 4.69) is 17.1 Å². The van der Waals surface area contributed by atoms with Crippen LogP contribution in [0.1, 0.15) is 18.1 Å². The number of benzene rings is 3. The summed E-state index contributed by atoms with van der Waals surface area (Å²) in [6.45, 7) is 3.02. The Bertz CT molecular complexity index is 942. The summed E-state index contributed by atoms with van der Waals surface area (Å²) in [5.74, 6) is 1.43. The monoisotopic (exact) mass is 395 g/mol. The van der Waals surface area contributed by atoms with Gasteiger partial charge in [0.1, 0.15) is 11.4 Å². The Morgan fingerprint density at radius 3 is 2.57 bits per heavy atom. The highest BCUT2D eigenvalue weighted by Crippen LogP contribution is 2.31. The second-order valence-corrected chi connectivity index (χ2v) is 6.55. The quantitative estimate of drug-likeness (QED) is 0.489. The molecule has 5 heteroatoms. The van der Waals surface area contributed by atoms with E-state index in [0.717, 1.165) is 12.0 Å². The molecule has 0 saturated carbocycles. The fourth-order valence-corrected chi connectivity index (χ4v) is 2.83. The molecule has 0 aliphatic carbocycles. The first-order chi connectivity index (χ1) is 13.7. The number of phenolic OH excluding ortho intramolecular Hbond substituents is 1. The molecule has 0 radical (unpaired) electrons. The highest BCUT2D eigenvalue weighted by molar-refractivity contribution is 6.30. The Hall–Kier alpha value is -2.98. The van der Waals surface area contributed by atoms with Gasteiger partial charge in [-0.15, -0.1) is 0 Å². The summed E-state index contributed by atoms with van der Waals surface area (Å²) < 4.78 is 11.6. The van der Waals surface area contributed by atoms with Crippen LogP contribution in [-0.4, -0.2) is 24.5 Å². The number of rotatable bonds is 8. The van der Waals surface area contributed by atoms with Crippen molar-refractivity contribution in [2.75, 3.05) is 13.2 Å². The van der Waals surface area contributed by atoms with Crippen LogP contribution in [0, 0.1) is 0 Å². The van der Waals surface area contributed by atoms with Gasteiger partial charge < -0.3 is 14.6 Å². The van der Waals surface area contributed by atoms with Crippen molar-refractivity contribution in [2.24, 2.45) is 4.99 Å². The van der Waals surface area contributed by atoms with E-state index >= 15 is 0 Å². The molecular weight excluding hydrogens is 374 g/mol. The molecule has 0 saturated heterocycles. The molecule has 0 aliphatic rings. The van der Waals surface area contributed by atoms with Crippen LogP contribution in [0.5, 0.6) is 17.2 Å². The van der Waals surface area contributed by atoms with Crippen molar-refractivity contribution < 1.29 is 14.6 Å². The van der Waals surface area contributed by atoms with Gasteiger partial charge in [0.05, 0.1) is 13.2 Å². The number of nitrogens with zero attached hydrogens (tertiary/aromatic N) is 1. The lowest BCUT2D eigenvalue weighted by Crippen LogP contribution is -2.04. The lowest BCUT2D eigenvalue weighted by atomic mass is 10.2. The first-order valence-corrected chi connectivity index (χ1v) is 9.49. The molecule has 1 N–H and O–H groups in total. The maximum Gasteiger partial charge on any atom is 0.161 e. The number of hydrogen-bond acceptors (Lipinski definition) is 4. The molecule has 0 amide bonds. The third-order valence-corrected chi connectivity index (χ3v) is 4.28. The van der Waals surface area contributed by atoms with E-state index in [1.54, 1.807) is 18.3 Å². The maximum absolute atomic E-state index is 9.87. The Labute approximate surface area is 170 Å². The number of aliphatic imine (C=N–C) groups is 1. The molecule has 0 spiro atoms. The van der Waals surface area contributed by atoms with Gasteiger partial charge in [0.15, 0.2) is 11.5 Å². The minimum absolute atomic E-state index is 0.0755. The molecule has 0 aromatic heterocycles. The lowest BCUT2D eigenvalue weighted by Gasteiger charge is -2.12. The van der Waals surface area contributed by atoms with E-state index in [0.29, 0.717) is 35.4 Å². The zero-order chi connectivity index (χ0) is 19.8. The number of halogens is 1. The predicted molar refractivity (Wildman–Crippen MR) is 114 cm³/mol. The van der Waals surface area contributed by atoms with Crippen LogP contribution < -0.4 is 9.47 Å². The molecular formula is C23H22ClNO3. The summed E-state index contributed by atoms with van der Waals surface area (Å²) in [7, 11) is 0. The van der Waals surface area contributed by atoms with Crippen molar-refractivity contribution in [1.29, 1.82) is 0 Å². The van der Waals surface area contributed by atoms with Crippen molar-refractivity contribution in [3.8, 4) is 17.2 Å². The van der Waals surface area contributed by atoms with Gasteiger partial charge in [0.2, 0.25) is 0 Å². The Morgan fingerprint density at radius 1 is 0.964 bits per heavy atom. The molecule has 0 heterocycles. The first-order valence-electron chi connectivity index (χ1n) is 9.12. The normalized spacial score (nSPS) is 10.9. The van der Waals surface area contributed by atoms with Gasteiger partial charge in [0.25, 0.3) is 0 Å². The highest BCUT2D eigenvalue weighted by atomic mass is 35.5. The van der Waals surface area contributed by atoms with E-state index in [-0.39, 0.29) is 5.75 Å². The van der Waals surface area contributed by atoms with Gasteiger partial charge >= 0.3 is 0 Å². The first kappa shape index (κ1) is 19.8. The summed E-state index contributed by atoms with van der Waals surface area (Å²) >= 11 is 5.96. The van der Waals surface area contributed by atoms with Gasteiger partial charge in [-0.05, 0) is 54.4 Å². The molecule has 144 valence electrons. The SMILES string of the molecule is CCOc1cc(C=Nc2cc(Cl)ccc2O)ccc1OCCc1ccccc1. The smallest absolute Gasteiger partial charge is 0.161 e. The van der Waals surface area contributed by atoms with Crippen LogP contribution in [0.15, 0.2) is 71.7 Å². The van der Waals surface area contributed by atoms with E-state index < -0.39 is 0 Å². The number of ether oxygens (including phenoxy) is 2. The number of aromatic hydroxyl groups is 1. The number of phenols is 1. The van der Waals surface area contributed by atoms with E-state index in [1.165, 1.54) is 11.6 Å². The van der Waals surface area contributed by atoms with Crippen LogP contribution in [0.4, 0.5) is 5.69 Å². The summed E-state index contributed by atoms with van der Waals surface area (Å²) in [6.07, 6.45) is 2.48. The average Bonchev–Trinajstić information content (AvgIpc) is 2.71. The molecule has 0 atom stereocenters. The van der Waals surface area contributed by atoms with Gasteiger partial charge in [-0.3, -0.25) is 4.99 Å².